The average molecular weight is 382 g/mol. The molecule has 1 fully saturated rings. The van der Waals surface area contributed by atoms with E-state index < -0.39 is 42.9 Å². The molecule has 0 unspecified atom stereocenters. The van der Waals surface area contributed by atoms with E-state index in [2.05, 4.69) is 11.9 Å². The standard InChI is InChI=1S/C17H21BF2N2O5/c1-11(19)16(23)22-8-2-3-14(10-22)27-17(24)21-15(9-18(25)26)12-4-6-13(20)7-5-12/h4-7,14-15,25-26H,1-3,8-10H2,(H,21,24)/t14-,15+/m0/s1. The first-order valence-electron chi connectivity index (χ1n) is 8.48. The van der Waals surface area contributed by atoms with Crippen molar-refractivity contribution in [1.29, 1.82) is 0 Å². The summed E-state index contributed by atoms with van der Waals surface area (Å²) >= 11 is 0. The van der Waals surface area contributed by atoms with E-state index in [0.29, 0.717) is 24.9 Å². The van der Waals surface area contributed by atoms with Crippen LogP contribution in [0.1, 0.15) is 24.4 Å². The Morgan fingerprint density at radius 2 is 2.04 bits per heavy atom. The number of carbonyl (C=O) groups is 2. The van der Waals surface area contributed by atoms with Gasteiger partial charge < -0.3 is 25.0 Å². The number of alkyl carbamates (subject to hydrolysis) is 1. The lowest BCUT2D eigenvalue weighted by Crippen LogP contribution is -2.45. The molecule has 1 saturated heterocycles. The fraction of sp³-hybridized carbons (Fsp3) is 0.412. The maximum atomic E-state index is 13.1. The van der Waals surface area contributed by atoms with Gasteiger partial charge in [-0.3, -0.25) is 4.79 Å². The summed E-state index contributed by atoms with van der Waals surface area (Å²) in [7, 11) is -1.70. The second-order valence-electron chi connectivity index (χ2n) is 6.29. The number of rotatable bonds is 6. The molecule has 10 heteroatoms. The van der Waals surface area contributed by atoms with Crippen molar-refractivity contribution in [3.05, 3.63) is 48.1 Å². The molecule has 0 aliphatic carbocycles. The summed E-state index contributed by atoms with van der Waals surface area (Å²) in [6.45, 7) is 3.36. The molecule has 1 aromatic carbocycles. The number of amides is 2. The number of carbonyl (C=O) groups excluding carboxylic acids is 2. The molecule has 146 valence electrons. The van der Waals surface area contributed by atoms with Crippen LogP contribution in [0.2, 0.25) is 6.32 Å². The number of halogens is 2. The smallest absolute Gasteiger partial charge is 0.444 e. The van der Waals surface area contributed by atoms with Gasteiger partial charge in [0.05, 0.1) is 12.6 Å². The minimum absolute atomic E-state index is 0.0407. The molecule has 3 N–H and O–H groups in total. The molecule has 27 heavy (non-hydrogen) atoms. The highest BCUT2D eigenvalue weighted by molar-refractivity contribution is 6.41. The second-order valence-corrected chi connectivity index (χ2v) is 6.29. The van der Waals surface area contributed by atoms with Crippen LogP contribution in [0.25, 0.3) is 0 Å². The van der Waals surface area contributed by atoms with E-state index in [0.717, 1.165) is 0 Å². The maximum Gasteiger partial charge on any atom is 0.453 e. The molecule has 0 spiro atoms. The molecule has 7 nitrogen and oxygen atoms in total. The lowest BCUT2D eigenvalue weighted by molar-refractivity contribution is -0.131. The van der Waals surface area contributed by atoms with Gasteiger partial charge in [0.25, 0.3) is 5.91 Å². The van der Waals surface area contributed by atoms with E-state index in [4.69, 9.17) is 4.74 Å². The van der Waals surface area contributed by atoms with Crippen molar-refractivity contribution < 1.29 is 33.2 Å². The van der Waals surface area contributed by atoms with Crippen LogP contribution in [0.4, 0.5) is 13.6 Å². The van der Waals surface area contributed by atoms with Gasteiger partial charge in [0.1, 0.15) is 11.9 Å². The van der Waals surface area contributed by atoms with Crippen LogP contribution in [0, 0.1) is 5.82 Å². The third kappa shape index (κ3) is 6.33. The molecule has 1 aliphatic heterocycles. The van der Waals surface area contributed by atoms with Crippen molar-refractivity contribution in [2.45, 2.75) is 31.3 Å². The summed E-state index contributed by atoms with van der Waals surface area (Å²) in [5.41, 5.74) is 0.468. The third-order valence-corrected chi connectivity index (χ3v) is 4.18. The SMILES string of the molecule is C=C(F)C(=O)N1CCC[C@H](OC(=O)N[C@H](CB(O)O)c2ccc(F)cc2)C1. The Bertz CT molecular complexity index is 686. The summed E-state index contributed by atoms with van der Waals surface area (Å²) in [5.74, 6) is -2.38. The van der Waals surface area contributed by atoms with Gasteiger partial charge in [-0.2, -0.15) is 0 Å². The summed E-state index contributed by atoms with van der Waals surface area (Å²) in [4.78, 5) is 25.1. The number of likely N-dealkylation sites (tertiary alicyclic amines) is 1. The van der Waals surface area contributed by atoms with Crippen LogP contribution in [0.15, 0.2) is 36.7 Å². The molecule has 1 aliphatic rings. The number of ether oxygens (including phenoxy) is 1. The first kappa shape index (κ1) is 20.9. The highest BCUT2D eigenvalue weighted by Crippen LogP contribution is 2.20. The van der Waals surface area contributed by atoms with Gasteiger partial charge in [-0.1, -0.05) is 18.7 Å². The van der Waals surface area contributed by atoms with Gasteiger partial charge in [-0.15, -0.1) is 0 Å². The zero-order valence-electron chi connectivity index (χ0n) is 14.6. The van der Waals surface area contributed by atoms with Gasteiger partial charge in [0.2, 0.25) is 0 Å². The first-order chi connectivity index (χ1) is 12.8. The fourth-order valence-corrected chi connectivity index (χ4v) is 2.90. The van der Waals surface area contributed by atoms with Crippen LogP contribution in [-0.2, 0) is 9.53 Å². The van der Waals surface area contributed by atoms with Gasteiger partial charge in [-0.05, 0) is 30.5 Å². The lowest BCUT2D eigenvalue weighted by atomic mass is 9.79. The molecular formula is C17H21BF2N2O5. The molecular weight excluding hydrogens is 361 g/mol. The molecule has 1 heterocycles. The zero-order valence-corrected chi connectivity index (χ0v) is 14.6. The van der Waals surface area contributed by atoms with Crippen molar-refractivity contribution >= 4 is 19.1 Å². The van der Waals surface area contributed by atoms with E-state index in [1.165, 1.54) is 29.2 Å². The largest absolute Gasteiger partial charge is 0.453 e. The third-order valence-electron chi connectivity index (χ3n) is 4.18. The first-order valence-corrected chi connectivity index (χ1v) is 8.48. The molecule has 2 atom stereocenters. The van der Waals surface area contributed by atoms with Crippen molar-refractivity contribution in [3.8, 4) is 0 Å². The molecule has 2 rings (SSSR count). The number of piperidine rings is 1. The Labute approximate surface area is 155 Å². The summed E-state index contributed by atoms with van der Waals surface area (Å²) in [6.07, 6.45) is -0.649. The van der Waals surface area contributed by atoms with E-state index in [9.17, 15) is 28.4 Å². The number of nitrogens with one attached hydrogen (secondary N) is 1. The van der Waals surface area contributed by atoms with Crippen molar-refractivity contribution in [2.24, 2.45) is 0 Å². The predicted octanol–water partition coefficient (Wildman–Crippen LogP) is 1.54. The van der Waals surface area contributed by atoms with E-state index in [1.54, 1.807) is 0 Å². The van der Waals surface area contributed by atoms with Gasteiger partial charge in [-0.25, -0.2) is 13.6 Å². The maximum absolute atomic E-state index is 13.1. The quantitative estimate of drug-likeness (QED) is 0.512. The fourth-order valence-electron chi connectivity index (χ4n) is 2.90. The molecule has 0 aromatic heterocycles. The van der Waals surface area contributed by atoms with E-state index in [-0.39, 0.29) is 12.9 Å². The van der Waals surface area contributed by atoms with Crippen LogP contribution >= 0.6 is 0 Å². The van der Waals surface area contributed by atoms with Crippen LogP contribution < -0.4 is 5.32 Å². The Kier molecular flexibility index (Phi) is 7.32. The zero-order chi connectivity index (χ0) is 20.0. The minimum atomic E-state index is -1.70. The predicted molar refractivity (Wildman–Crippen MR) is 93.6 cm³/mol. The second kappa shape index (κ2) is 9.47. The minimum Gasteiger partial charge on any atom is -0.444 e. The Balaban J connectivity index is 1.97. The number of hydrogen-bond donors (Lipinski definition) is 3. The molecule has 0 saturated carbocycles. The molecule has 1 aromatic rings. The number of hydrogen-bond acceptors (Lipinski definition) is 5. The summed E-state index contributed by atoms with van der Waals surface area (Å²) < 4.78 is 31.3. The van der Waals surface area contributed by atoms with E-state index >= 15 is 0 Å². The highest BCUT2D eigenvalue weighted by Gasteiger charge is 2.29. The number of benzene rings is 1. The number of nitrogens with zero attached hydrogens (tertiary/aromatic N) is 1. The van der Waals surface area contributed by atoms with Gasteiger partial charge in [0, 0.05) is 12.9 Å². The van der Waals surface area contributed by atoms with Crippen LogP contribution in [0.5, 0.6) is 0 Å². The van der Waals surface area contributed by atoms with Crippen molar-refractivity contribution in [1.82, 2.24) is 10.2 Å². The van der Waals surface area contributed by atoms with Crippen LogP contribution in [-0.4, -0.2) is 53.3 Å². The highest BCUT2D eigenvalue weighted by atomic mass is 19.1. The Morgan fingerprint density at radius 3 is 2.63 bits per heavy atom. The average Bonchev–Trinajstić information content (AvgIpc) is 2.60. The summed E-state index contributed by atoms with van der Waals surface area (Å²) in [6, 6.07) is 4.39. The monoisotopic (exact) mass is 382 g/mol. The molecule has 2 amide bonds. The molecule has 0 radical (unpaired) electrons. The Hall–Kier alpha value is -2.46. The van der Waals surface area contributed by atoms with Gasteiger partial charge >= 0.3 is 13.2 Å². The normalized spacial score (nSPS) is 17.8. The lowest BCUT2D eigenvalue weighted by Gasteiger charge is -2.32. The van der Waals surface area contributed by atoms with Crippen LogP contribution in [0.3, 0.4) is 0 Å². The Morgan fingerprint density at radius 1 is 1.37 bits per heavy atom. The van der Waals surface area contributed by atoms with Crippen molar-refractivity contribution in [3.63, 3.8) is 0 Å². The topological polar surface area (TPSA) is 99.1 Å². The summed E-state index contributed by atoms with van der Waals surface area (Å²) in [5, 5.41) is 20.9. The van der Waals surface area contributed by atoms with E-state index in [1.807, 2.05) is 0 Å². The molecule has 0 bridgehead atoms. The van der Waals surface area contributed by atoms with Gasteiger partial charge in [0.15, 0.2) is 5.83 Å². The van der Waals surface area contributed by atoms with Crippen molar-refractivity contribution in [2.75, 3.05) is 13.1 Å².